The molecule has 1 aliphatic heterocycles. The summed E-state index contributed by atoms with van der Waals surface area (Å²) in [5, 5.41) is 0. The fourth-order valence-electron chi connectivity index (χ4n) is 1.54. The molecule has 0 unspecified atom stereocenters. The lowest BCUT2D eigenvalue weighted by molar-refractivity contribution is 0.487. The van der Waals surface area contributed by atoms with E-state index in [1.807, 2.05) is 25.1 Å². The predicted octanol–water partition coefficient (Wildman–Crippen LogP) is 2.28. The van der Waals surface area contributed by atoms with E-state index in [0.29, 0.717) is 18.0 Å². The van der Waals surface area contributed by atoms with Crippen molar-refractivity contribution in [1.29, 1.82) is 0 Å². The quantitative estimate of drug-likeness (QED) is 0.840. The summed E-state index contributed by atoms with van der Waals surface area (Å²) in [6, 6.07) is 6.92. The highest BCUT2D eigenvalue weighted by Gasteiger charge is 2.26. The van der Waals surface area contributed by atoms with Gasteiger partial charge in [0.1, 0.15) is 0 Å². The second-order valence-corrected chi connectivity index (χ2v) is 6.72. The number of aryl methyl sites for hydroxylation is 1. The number of benzene rings is 1. The standard InChI is InChI=1S/C11H12BrNO2S/c1-9-2-4-11(5-3-9)16(14,15)13-7-6-10(12)8-13/h2-6H,7-8H2,1H3. The molecule has 0 atom stereocenters. The minimum atomic E-state index is -3.34. The predicted molar refractivity (Wildman–Crippen MR) is 66.9 cm³/mol. The maximum atomic E-state index is 12.2. The molecule has 0 amide bonds. The van der Waals surface area contributed by atoms with Crippen molar-refractivity contribution >= 4 is 26.0 Å². The van der Waals surface area contributed by atoms with Crippen molar-refractivity contribution < 1.29 is 8.42 Å². The lowest BCUT2D eigenvalue weighted by Crippen LogP contribution is -2.28. The first-order chi connectivity index (χ1) is 7.50. The van der Waals surface area contributed by atoms with Crippen LogP contribution in [0.2, 0.25) is 0 Å². The van der Waals surface area contributed by atoms with Gasteiger partial charge in [0.05, 0.1) is 4.90 Å². The molecular weight excluding hydrogens is 290 g/mol. The van der Waals surface area contributed by atoms with E-state index in [9.17, 15) is 8.42 Å². The van der Waals surface area contributed by atoms with Gasteiger partial charge in [-0.15, -0.1) is 0 Å². The van der Waals surface area contributed by atoms with Crippen molar-refractivity contribution in [1.82, 2.24) is 4.31 Å². The Labute approximate surface area is 104 Å². The fourth-order valence-corrected chi connectivity index (χ4v) is 3.51. The number of hydrogen-bond donors (Lipinski definition) is 0. The topological polar surface area (TPSA) is 37.4 Å². The van der Waals surface area contributed by atoms with E-state index >= 15 is 0 Å². The highest BCUT2D eigenvalue weighted by molar-refractivity contribution is 9.11. The maximum absolute atomic E-state index is 12.2. The lowest BCUT2D eigenvalue weighted by Gasteiger charge is -2.15. The molecule has 0 aromatic heterocycles. The first-order valence-corrected chi connectivity index (χ1v) is 7.15. The zero-order valence-electron chi connectivity index (χ0n) is 8.85. The van der Waals surface area contributed by atoms with Crippen LogP contribution >= 0.6 is 15.9 Å². The van der Waals surface area contributed by atoms with Gasteiger partial charge in [0.25, 0.3) is 0 Å². The van der Waals surface area contributed by atoms with E-state index in [4.69, 9.17) is 0 Å². The van der Waals surface area contributed by atoms with Crippen molar-refractivity contribution in [3.63, 3.8) is 0 Å². The number of rotatable bonds is 2. The maximum Gasteiger partial charge on any atom is 0.243 e. The van der Waals surface area contributed by atoms with E-state index in [-0.39, 0.29) is 0 Å². The van der Waals surface area contributed by atoms with Gasteiger partial charge in [-0.25, -0.2) is 8.42 Å². The molecule has 0 radical (unpaired) electrons. The Morgan fingerprint density at radius 3 is 2.38 bits per heavy atom. The van der Waals surface area contributed by atoms with Crippen molar-refractivity contribution in [2.24, 2.45) is 0 Å². The molecule has 0 bridgehead atoms. The minimum absolute atomic E-state index is 0.355. The molecule has 0 aliphatic carbocycles. The van der Waals surface area contributed by atoms with Gasteiger partial charge in [-0.1, -0.05) is 39.7 Å². The largest absolute Gasteiger partial charge is 0.243 e. The Morgan fingerprint density at radius 2 is 1.88 bits per heavy atom. The van der Waals surface area contributed by atoms with E-state index in [0.717, 1.165) is 10.0 Å². The van der Waals surface area contributed by atoms with Gasteiger partial charge in [0.2, 0.25) is 10.0 Å². The van der Waals surface area contributed by atoms with Crippen molar-refractivity contribution in [2.75, 3.05) is 13.1 Å². The van der Waals surface area contributed by atoms with Crippen LogP contribution in [0.5, 0.6) is 0 Å². The summed E-state index contributed by atoms with van der Waals surface area (Å²) in [4.78, 5) is 0.355. The molecule has 0 saturated heterocycles. The Balaban J connectivity index is 2.30. The molecule has 2 rings (SSSR count). The summed E-state index contributed by atoms with van der Waals surface area (Å²) < 4.78 is 26.7. The second kappa shape index (κ2) is 4.31. The molecule has 16 heavy (non-hydrogen) atoms. The van der Waals surface area contributed by atoms with Crippen LogP contribution in [0.25, 0.3) is 0 Å². The van der Waals surface area contributed by atoms with Gasteiger partial charge in [0, 0.05) is 17.6 Å². The van der Waals surface area contributed by atoms with Crippen LogP contribution in [0.3, 0.4) is 0 Å². The van der Waals surface area contributed by atoms with Gasteiger partial charge >= 0.3 is 0 Å². The molecular formula is C11H12BrNO2S. The van der Waals surface area contributed by atoms with Crippen LogP contribution in [0.4, 0.5) is 0 Å². The van der Waals surface area contributed by atoms with Crippen LogP contribution < -0.4 is 0 Å². The smallest absolute Gasteiger partial charge is 0.207 e. The van der Waals surface area contributed by atoms with Crippen molar-refractivity contribution in [3.05, 3.63) is 40.4 Å². The Bertz CT molecular complexity index is 519. The molecule has 1 aromatic rings. The molecule has 0 N–H and O–H groups in total. The molecule has 0 saturated carbocycles. The summed E-state index contributed by atoms with van der Waals surface area (Å²) in [7, 11) is -3.34. The normalized spacial score (nSPS) is 17.5. The second-order valence-electron chi connectivity index (χ2n) is 3.76. The monoisotopic (exact) mass is 301 g/mol. The van der Waals surface area contributed by atoms with Crippen LogP contribution in [-0.4, -0.2) is 25.8 Å². The van der Waals surface area contributed by atoms with Gasteiger partial charge < -0.3 is 0 Å². The number of nitrogens with zero attached hydrogens (tertiary/aromatic N) is 1. The number of hydrogen-bond acceptors (Lipinski definition) is 2. The Hall–Kier alpha value is -0.650. The Kier molecular flexibility index (Phi) is 3.19. The van der Waals surface area contributed by atoms with Gasteiger partial charge in [-0.3, -0.25) is 0 Å². The molecule has 1 aliphatic rings. The molecule has 1 heterocycles. The molecule has 0 spiro atoms. The van der Waals surface area contributed by atoms with Crippen molar-refractivity contribution in [2.45, 2.75) is 11.8 Å². The molecule has 1 aromatic carbocycles. The average molecular weight is 302 g/mol. The van der Waals surface area contributed by atoms with Gasteiger partial charge in [0.15, 0.2) is 0 Å². The summed E-state index contributed by atoms with van der Waals surface area (Å²) >= 11 is 3.31. The molecule has 0 fully saturated rings. The average Bonchev–Trinajstić information content (AvgIpc) is 2.66. The first kappa shape index (κ1) is 11.8. The lowest BCUT2D eigenvalue weighted by atomic mass is 10.2. The molecule has 86 valence electrons. The van der Waals surface area contributed by atoms with E-state index in [1.54, 1.807) is 12.1 Å². The SMILES string of the molecule is Cc1ccc(S(=O)(=O)N2CC=C(Br)C2)cc1. The third-order valence-corrected chi connectivity index (χ3v) is 4.90. The van der Waals surface area contributed by atoms with Crippen molar-refractivity contribution in [3.8, 4) is 0 Å². The molecule has 5 heteroatoms. The van der Waals surface area contributed by atoms with Crippen LogP contribution in [0, 0.1) is 6.92 Å². The summed E-state index contributed by atoms with van der Waals surface area (Å²) in [5.41, 5.74) is 1.06. The summed E-state index contributed by atoms with van der Waals surface area (Å²) in [5.74, 6) is 0. The molecule has 3 nitrogen and oxygen atoms in total. The van der Waals surface area contributed by atoms with Crippen LogP contribution in [0.1, 0.15) is 5.56 Å². The van der Waals surface area contributed by atoms with Crippen LogP contribution in [-0.2, 0) is 10.0 Å². The fraction of sp³-hybridized carbons (Fsp3) is 0.273. The van der Waals surface area contributed by atoms with E-state index in [2.05, 4.69) is 15.9 Å². The number of sulfonamides is 1. The summed E-state index contributed by atoms with van der Waals surface area (Å²) in [6.07, 6.45) is 1.87. The minimum Gasteiger partial charge on any atom is -0.207 e. The van der Waals surface area contributed by atoms with Crippen LogP contribution in [0.15, 0.2) is 39.7 Å². The third-order valence-electron chi connectivity index (χ3n) is 2.50. The first-order valence-electron chi connectivity index (χ1n) is 4.91. The Morgan fingerprint density at radius 1 is 1.25 bits per heavy atom. The van der Waals surface area contributed by atoms with Gasteiger partial charge in [-0.05, 0) is 19.1 Å². The highest BCUT2D eigenvalue weighted by atomic mass is 79.9. The van der Waals surface area contributed by atoms with E-state index in [1.165, 1.54) is 4.31 Å². The van der Waals surface area contributed by atoms with E-state index < -0.39 is 10.0 Å². The zero-order chi connectivity index (χ0) is 11.8. The number of halogens is 1. The highest BCUT2D eigenvalue weighted by Crippen LogP contribution is 2.23. The third kappa shape index (κ3) is 2.21. The van der Waals surface area contributed by atoms with Gasteiger partial charge in [-0.2, -0.15) is 4.31 Å². The summed E-state index contributed by atoms with van der Waals surface area (Å²) in [6.45, 7) is 2.80. The zero-order valence-corrected chi connectivity index (χ0v) is 11.3.